The lowest BCUT2D eigenvalue weighted by molar-refractivity contribution is 0.0451. The van der Waals surface area contributed by atoms with Crippen LogP contribution in [0.15, 0.2) is 0 Å². The van der Waals surface area contributed by atoms with Crippen LogP contribution in [0.25, 0.3) is 0 Å². The molecule has 0 saturated heterocycles. The molecule has 0 aromatic heterocycles. The Morgan fingerprint density at radius 2 is 1.90 bits per heavy atom. The van der Waals surface area contributed by atoms with E-state index in [4.69, 9.17) is 4.74 Å². The van der Waals surface area contributed by atoms with E-state index in [-0.39, 0.29) is 19.1 Å². The minimum absolute atomic E-state index is 0.00645. The molecule has 2 N–H and O–H groups in total. The van der Waals surface area contributed by atoms with Crippen LogP contribution in [-0.2, 0) is 19.0 Å². The highest BCUT2D eigenvalue weighted by molar-refractivity contribution is 7.85. The van der Waals surface area contributed by atoms with Gasteiger partial charge in [0.25, 0.3) is 10.1 Å². The molecule has 8 heteroatoms. The number of carbonyl (C=O) groups is 1. The molecule has 0 aliphatic rings. The van der Waals surface area contributed by atoms with E-state index in [1.807, 2.05) is 0 Å². The van der Waals surface area contributed by atoms with Crippen molar-refractivity contribution in [3.63, 3.8) is 0 Å². The highest BCUT2D eigenvalue weighted by Gasteiger charge is 2.23. The Hall–Kier alpha value is -0.860. The molecular weight excluding hydrogens is 286 g/mol. The first-order chi connectivity index (χ1) is 8.94. The Bertz CT molecular complexity index is 401. The zero-order valence-electron chi connectivity index (χ0n) is 12.7. The average molecular weight is 311 g/mol. The van der Waals surface area contributed by atoms with Crippen molar-refractivity contribution in [3.05, 3.63) is 0 Å². The van der Waals surface area contributed by atoms with Gasteiger partial charge >= 0.3 is 6.09 Å². The van der Waals surface area contributed by atoms with Crippen LogP contribution in [0.2, 0.25) is 0 Å². The summed E-state index contributed by atoms with van der Waals surface area (Å²) in [5.74, 6) is -0.158. The topological polar surface area (TPSA) is 102 Å². The van der Waals surface area contributed by atoms with Gasteiger partial charge in [-0.15, -0.1) is 0 Å². The molecule has 2 atom stereocenters. The third-order valence-electron chi connectivity index (χ3n) is 2.46. The van der Waals surface area contributed by atoms with Crippen LogP contribution >= 0.6 is 0 Å². The second-order valence-corrected chi connectivity index (χ2v) is 7.37. The van der Waals surface area contributed by atoms with Gasteiger partial charge in [-0.05, 0) is 33.1 Å². The van der Waals surface area contributed by atoms with E-state index in [1.165, 1.54) is 0 Å². The van der Waals surface area contributed by atoms with Crippen LogP contribution in [0.1, 0.15) is 34.1 Å². The van der Waals surface area contributed by atoms with Crippen LogP contribution in [0.5, 0.6) is 0 Å². The molecule has 0 aromatic rings. The van der Waals surface area contributed by atoms with E-state index >= 15 is 0 Å². The molecule has 0 bridgehead atoms. The first-order valence-corrected chi connectivity index (χ1v) is 8.21. The molecule has 7 nitrogen and oxygen atoms in total. The molecule has 1 amide bonds. The minimum atomic E-state index is -3.47. The van der Waals surface area contributed by atoms with E-state index in [9.17, 15) is 18.3 Å². The Morgan fingerprint density at radius 1 is 1.35 bits per heavy atom. The fourth-order valence-corrected chi connectivity index (χ4v) is 1.81. The van der Waals surface area contributed by atoms with Gasteiger partial charge in [-0.2, -0.15) is 8.42 Å². The lowest BCUT2D eigenvalue weighted by Crippen LogP contribution is -2.44. The van der Waals surface area contributed by atoms with Crippen LogP contribution < -0.4 is 5.32 Å². The van der Waals surface area contributed by atoms with Crippen molar-refractivity contribution in [3.8, 4) is 0 Å². The summed E-state index contributed by atoms with van der Waals surface area (Å²) in [6.45, 7) is 6.74. The van der Waals surface area contributed by atoms with Gasteiger partial charge in [0.1, 0.15) is 5.60 Å². The number of aliphatic hydroxyl groups is 1. The summed E-state index contributed by atoms with van der Waals surface area (Å²) in [5, 5.41) is 11.8. The predicted octanol–water partition coefficient (Wildman–Crippen LogP) is 0.874. The number of carbonyl (C=O) groups excluding carboxylic acids is 1. The van der Waals surface area contributed by atoms with E-state index in [0.29, 0.717) is 6.42 Å². The van der Waals surface area contributed by atoms with Gasteiger partial charge in [0.05, 0.1) is 25.5 Å². The van der Waals surface area contributed by atoms with Crippen molar-refractivity contribution >= 4 is 16.2 Å². The number of rotatable bonds is 7. The Morgan fingerprint density at radius 3 is 2.30 bits per heavy atom. The maximum atomic E-state index is 11.6. The second kappa shape index (κ2) is 7.80. The van der Waals surface area contributed by atoms with Gasteiger partial charge < -0.3 is 15.2 Å². The van der Waals surface area contributed by atoms with Gasteiger partial charge in [-0.1, -0.05) is 6.92 Å². The number of nitrogens with one attached hydrogen (secondary N) is 1. The summed E-state index contributed by atoms with van der Waals surface area (Å²) in [5.41, 5.74) is -0.618. The summed E-state index contributed by atoms with van der Waals surface area (Å²) < 4.78 is 31.4. The fourth-order valence-electron chi connectivity index (χ4n) is 1.41. The zero-order valence-corrected chi connectivity index (χ0v) is 13.5. The number of alkyl carbamates (subject to hydrolysis) is 1. The first kappa shape index (κ1) is 19.1. The van der Waals surface area contributed by atoms with Crippen LogP contribution in [-0.4, -0.2) is 50.7 Å². The monoisotopic (exact) mass is 311 g/mol. The summed E-state index contributed by atoms with van der Waals surface area (Å²) in [6.07, 6.45) is 0.737. The standard InChI is InChI=1S/C12H25NO6S/c1-9(6-7-18-20(5,16)17)10(8-14)13-11(15)19-12(2,3)4/h9-10,14H,6-8H2,1-5H3,(H,13,15). The minimum Gasteiger partial charge on any atom is -0.444 e. The van der Waals surface area contributed by atoms with E-state index in [2.05, 4.69) is 9.50 Å². The molecule has 0 radical (unpaired) electrons. The molecular formula is C12H25NO6S. The number of hydrogen-bond donors (Lipinski definition) is 2. The van der Waals surface area contributed by atoms with E-state index < -0.39 is 27.9 Å². The van der Waals surface area contributed by atoms with Crippen LogP contribution in [0.3, 0.4) is 0 Å². The Labute approximate surface area is 120 Å². The third-order valence-corrected chi connectivity index (χ3v) is 3.05. The van der Waals surface area contributed by atoms with Crippen molar-refractivity contribution in [1.82, 2.24) is 5.32 Å². The van der Waals surface area contributed by atoms with Crippen LogP contribution in [0.4, 0.5) is 4.79 Å². The molecule has 0 aromatic carbocycles. The largest absolute Gasteiger partial charge is 0.444 e. The third kappa shape index (κ3) is 9.99. The molecule has 0 spiro atoms. The Kier molecular flexibility index (Phi) is 7.46. The lowest BCUT2D eigenvalue weighted by atomic mass is 9.99. The molecule has 120 valence electrons. The van der Waals surface area contributed by atoms with E-state index in [0.717, 1.165) is 6.26 Å². The molecule has 0 aliphatic carbocycles. The summed E-state index contributed by atoms with van der Waals surface area (Å²) in [7, 11) is -3.47. The number of hydrogen-bond acceptors (Lipinski definition) is 6. The molecule has 2 unspecified atom stereocenters. The van der Waals surface area contributed by atoms with Crippen molar-refractivity contribution in [2.45, 2.75) is 45.8 Å². The van der Waals surface area contributed by atoms with Gasteiger partial charge in [0.15, 0.2) is 0 Å². The number of amides is 1. The molecule has 0 heterocycles. The molecule has 0 aliphatic heterocycles. The molecule has 20 heavy (non-hydrogen) atoms. The van der Waals surface area contributed by atoms with E-state index in [1.54, 1.807) is 27.7 Å². The van der Waals surface area contributed by atoms with Crippen LogP contribution in [0, 0.1) is 5.92 Å². The smallest absolute Gasteiger partial charge is 0.407 e. The fraction of sp³-hybridized carbons (Fsp3) is 0.917. The lowest BCUT2D eigenvalue weighted by Gasteiger charge is -2.26. The SMILES string of the molecule is CC(CCOS(C)(=O)=O)C(CO)NC(=O)OC(C)(C)C. The predicted molar refractivity (Wildman–Crippen MR) is 74.8 cm³/mol. The maximum Gasteiger partial charge on any atom is 0.407 e. The zero-order chi connectivity index (χ0) is 16.0. The van der Waals surface area contributed by atoms with Crippen molar-refractivity contribution in [2.75, 3.05) is 19.5 Å². The van der Waals surface area contributed by atoms with Gasteiger partial charge in [-0.25, -0.2) is 4.79 Å². The summed E-state index contributed by atoms with van der Waals surface area (Å²) in [6, 6.07) is -0.520. The highest BCUT2D eigenvalue weighted by atomic mass is 32.2. The molecule has 0 fully saturated rings. The second-order valence-electron chi connectivity index (χ2n) is 5.73. The van der Waals surface area contributed by atoms with Gasteiger partial charge in [0.2, 0.25) is 0 Å². The van der Waals surface area contributed by atoms with Gasteiger partial charge in [-0.3, -0.25) is 4.18 Å². The number of aliphatic hydroxyl groups excluding tert-OH is 1. The van der Waals surface area contributed by atoms with Crippen molar-refractivity contribution in [1.29, 1.82) is 0 Å². The quantitative estimate of drug-likeness (QED) is 0.677. The van der Waals surface area contributed by atoms with Crippen molar-refractivity contribution in [2.24, 2.45) is 5.92 Å². The van der Waals surface area contributed by atoms with Crippen molar-refractivity contribution < 1.29 is 27.2 Å². The number of ether oxygens (including phenoxy) is 1. The molecule has 0 saturated carbocycles. The summed E-state index contributed by atoms with van der Waals surface area (Å²) in [4.78, 5) is 11.6. The highest BCUT2D eigenvalue weighted by Crippen LogP contribution is 2.11. The summed E-state index contributed by atoms with van der Waals surface area (Å²) >= 11 is 0. The normalized spacial score (nSPS) is 15.5. The molecule has 0 rings (SSSR count). The Balaban J connectivity index is 4.27. The maximum absolute atomic E-state index is 11.6. The van der Waals surface area contributed by atoms with Gasteiger partial charge in [0, 0.05) is 0 Å². The first-order valence-electron chi connectivity index (χ1n) is 6.39. The average Bonchev–Trinajstić information content (AvgIpc) is 2.21.